The van der Waals surface area contributed by atoms with Crippen molar-refractivity contribution in [1.82, 2.24) is 4.89 Å². The van der Waals surface area contributed by atoms with Gasteiger partial charge in [0, 0.05) is 4.88 Å². The summed E-state index contributed by atoms with van der Waals surface area (Å²) in [6.07, 6.45) is 0.842. The van der Waals surface area contributed by atoms with Crippen molar-refractivity contribution in [3.63, 3.8) is 0 Å². The average molecular weight is 235 g/mol. The molecule has 0 fully saturated rings. The van der Waals surface area contributed by atoms with Gasteiger partial charge >= 0.3 is 0 Å². The molecule has 0 aliphatic carbocycles. The third kappa shape index (κ3) is 2.78. The van der Waals surface area contributed by atoms with Crippen molar-refractivity contribution in [1.29, 1.82) is 0 Å². The lowest BCUT2D eigenvalue weighted by Gasteiger charge is -2.01. The summed E-state index contributed by atoms with van der Waals surface area (Å²) in [5.41, 5.74) is 0. The second kappa shape index (κ2) is 4.88. The van der Waals surface area contributed by atoms with Crippen molar-refractivity contribution in [2.45, 2.75) is 24.5 Å². The van der Waals surface area contributed by atoms with Gasteiger partial charge in [-0.3, -0.25) is 4.84 Å². The average Bonchev–Trinajstić information content (AvgIpc) is 2.63. The molecule has 1 heterocycles. The minimum Gasteiger partial charge on any atom is -0.287 e. The first-order valence-corrected chi connectivity index (χ1v) is 6.62. The first kappa shape index (κ1) is 11.6. The van der Waals surface area contributed by atoms with Crippen LogP contribution < -0.4 is 4.89 Å². The molecule has 4 nitrogen and oxygen atoms in total. The fourth-order valence-corrected chi connectivity index (χ4v) is 3.01. The normalized spacial score (nSPS) is 11.9. The van der Waals surface area contributed by atoms with Gasteiger partial charge in [0.25, 0.3) is 10.0 Å². The van der Waals surface area contributed by atoms with Gasteiger partial charge in [-0.15, -0.1) is 11.3 Å². The molecular formula is C8H13NO3S2. The molecule has 1 N–H and O–H groups in total. The number of hydrogen-bond acceptors (Lipinski definition) is 4. The Hall–Kier alpha value is -0.430. The van der Waals surface area contributed by atoms with Crippen LogP contribution in [0.5, 0.6) is 0 Å². The standard InChI is InChI=1S/C8H13NO3S2/c1-3-7-5-6-8(13-7)14(10,11)9-12-4-2/h5-6,9H,3-4H2,1-2H3. The second-order valence-corrected chi connectivity index (χ2v) is 5.63. The quantitative estimate of drug-likeness (QED) is 0.788. The molecule has 0 saturated carbocycles. The third-order valence-corrected chi connectivity index (χ3v) is 4.50. The van der Waals surface area contributed by atoms with Crippen molar-refractivity contribution >= 4 is 21.4 Å². The molecule has 80 valence electrons. The Morgan fingerprint density at radius 2 is 2.14 bits per heavy atom. The van der Waals surface area contributed by atoms with Crippen LogP contribution >= 0.6 is 11.3 Å². The van der Waals surface area contributed by atoms with Gasteiger partial charge in [-0.25, -0.2) is 8.42 Å². The Kier molecular flexibility index (Phi) is 4.06. The molecule has 0 aliphatic rings. The molecule has 0 bridgehead atoms. The minimum absolute atomic E-state index is 0.294. The van der Waals surface area contributed by atoms with Crippen LogP contribution in [-0.4, -0.2) is 15.0 Å². The van der Waals surface area contributed by atoms with E-state index in [2.05, 4.69) is 4.84 Å². The van der Waals surface area contributed by atoms with Crippen LogP contribution in [0.3, 0.4) is 0 Å². The Bertz CT molecular complexity index is 383. The highest BCUT2D eigenvalue weighted by Gasteiger charge is 2.15. The zero-order chi connectivity index (χ0) is 10.6. The van der Waals surface area contributed by atoms with E-state index in [-0.39, 0.29) is 0 Å². The number of thiophene rings is 1. The summed E-state index contributed by atoms with van der Waals surface area (Å²) < 4.78 is 23.3. The van der Waals surface area contributed by atoms with Crippen LogP contribution in [-0.2, 0) is 21.3 Å². The zero-order valence-electron chi connectivity index (χ0n) is 8.11. The molecule has 0 amide bonds. The summed E-state index contributed by atoms with van der Waals surface area (Å²) in [5, 5.41) is 0. The van der Waals surface area contributed by atoms with Gasteiger partial charge in [-0.1, -0.05) is 11.8 Å². The highest BCUT2D eigenvalue weighted by atomic mass is 32.2. The minimum atomic E-state index is -3.47. The van der Waals surface area contributed by atoms with Gasteiger partial charge in [0.2, 0.25) is 0 Å². The number of aryl methyl sites for hydroxylation is 1. The Labute approximate surface area is 87.9 Å². The molecule has 6 heteroatoms. The SMILES string of the molecule is CCONS(=O)(=O)c1ccc(CC)s1. The first-order chi connectivity index (χ1) is 6.60. The Morgan fingerprint density at radius 1 is 1.43 bits per heavy atom. The number of rotatable bonds is 5. The van der Waals surface area contributed by atoms with Crippen molar-refractivity contribution in [2.24, 2.45) is 0 Å². The summed E-state index contributed by atoms with van der Waals surface area (Å²) in [5.74, 6) is 0. The Morgan fingerprint density at radius 3 is 2.64 bits per heavy atom. The summed E-state index contributed by atoms with van der Waals surface area (Å²) in [7, 11) is -3.47. The van der Waals surface area contributed by atoms with Crippen LogP contribution in [0.2, 0.25) is 0 Å². The maximum Gasteiger partial charge on any atom is 0.271 e. The topological polar surface area (TPSA) is 55.4 Å². The Balaban J connectivity index is 2.81. The van der Waals surface area contributed by atoms with Gasteiger partial charge in [0.1, 0.15) is 4.21 Å². The highest BCUT2D eigenvalue weighted by molar-refractivity contribution is 7.91. The predicted molar refractivity (Wildman–Crippen MR) is 55.6 cm³/mol. The van der Waals surface area contributed by atoms with Gasteiger partial charge in [-0.05, 0) is 25.5 Å². The number of nitrogens with one attached hydrogen (secondary N) is 1. The fraction of sp³-hybridized carbons (Fsp3) is 0.500. The van der Waals surface area contributed by atoms with Crippen LogP contribution in [0, 0.1) is 0 Å². The number of hydrogen-bond donors (Lipinski definition) is 1. The summed E-state index contributed by atoms with van der Waals surface area (Å²) in [4.78, 5) is 7.75. The predicted octanol–water partition coefficient (Wildman–Crippen LogP) is 1.54. The lowest BCUT2D eigenvalue weighted by molar-refractivity contribution is 0.105. The van der Waals surface area contributed by atoms with Gasteiger partial charge in [-0.2, -0.15) is 0 Å². The lowest BCUT2D eigenvalue weighted by Crippen LogP contribution is -2.23. The number of sulfonamides is 1. The molecule has 0 saturated heterocycles. The monoisotopic (exact) mass is 235 g/mol. The van der Waals surface area contributed by atoms with Crippen molar-refractivity contribution in [2.75, 3.05) is 6.61 Å². The van der Waals surface area contributed by atoms with Crippen molar-refractivity contribution in [3.8, 4) is 0 Å². The van der Waals surface area contributed by atoms with Crippen LogP contribution in [0.1, 0.15) is 18.7 Å². The maximum absolute atomic E-state index is 11.5. The van der Waals surface area contributed by atoms with E-state index < -0.39 is 10.0 Å². The first-order valence-electron chi connectivity index (χ1n) is 4.32. The summed E-state index contributed by atoms with van der Waals surface area (Å²) >= 11 is 1.26. The summed E-state index contributed by atoms with van der Waals surface area (Å²) in [6.45, 7) is 4.01. The largest absolute Gasteiger partial charge is 0.287 e. The van der Waals surface area contributed by atoms with Crippen LogP contribution in [0.25, 0.3) is 0 Å². The third-order valence-electron chi connectivity index (χ3n) is 1.56. The van der Waals surface area contributed by atoms with E-state index in [0.29, 0.717) is 10.8 Å². The van der Waals surface area contributed by atoms with E-state index in [1.54, 1.807) is 13.0 Å². The zero-order valence-corrected chi connectivity index (χ0v) is 9.74. The molecule has 0 radical (unpaired) electrons. The molecule has 1 rings (SSSR count). The van der Waals surface area contributed by atoms with Gasteiger partial charge in [0.15, 0.2) is 0 Å². The molecule has 1 aromatic heterocycles. The van der Waals surface area contributed by atoms with Crippen molar-refractivity contribution in [3.05, 3.63) is 17.0 Å². The molecule has 1 aromatic rings. The van der Waals surface area contributed by atoms with E-state index >= 15 is 0 Å². The van der Waals surface area contributed by atoms with E-state index in [9.17, 15) is 8.42 Å². The van der Waals surface area contributed by atoms with E-state index in [1.807, 2.05) is 17.9 Å². The van der Waals surface area contributed by atoms with Crippen LogP contribution in [0.4, 0.5) is 0 Å². The highest BCUT2D eigenvalue weighted by Crippen LogP contribution is 2.21. The maximum atomic E-state index is 11.5. The van der Waals surface area contributed by atoms with Crippen LogP contribution in [0.15, 0.2) is 16.3 Å². The van der Waals surface area contributed by atoms with E-state index in [4.69, 9.17) is 0 Å². The lowest BCUT2D eigenvalue weighted by atomic mass is 10.4. The molecule has 0 aromatic carbocycles. The molecule has 0 spiro atoms. The van der Waals surface area contributed by atoms with E-state index in [1.165, 1.54) is 11.3 Å². The van der Waals surface area contributed by atoms with Gasteiger partial charge < -0.3 is 0 Å². The summed E-state index contributed by atoms with van der Waals surface area (Å²) in [6, 6.07) is 3.40. The molecule has 0 aliphatic heterocycles. The fourth-order valence-electron chi connectivity index (χ4n) is 0.870. The second-order valence-electron chi connectivity index (χ2n) is 2.59. The molecule has 14 heavy (non-hydrogen) atoms. The van der Waals surface area contributed by atoms with Gasteiger partial charge in [0.05, 0.1) is 6.61 Å². The van der Waals surface area contributed by atoms with E-state index in [0.717, 1.165) is 11.3 Å². The molecular weight excluding hydrogens is 222 g/mol. The smallest absolute Gasteiger partial charge is 0.271 e. The molecule has 0 unspecified atom stereocenters. The van der Waals surface area contributed by atoms with Crippen molar-refractivity contribution < 1.29 is 13.3 Å². The molecule has 0 atom stereocenters.